The molecule has 1 N–H and O–H groups in total. The first-order valence-electron chi connectivity index (χ1n) is 7.51. The van der Waals surface area contributed by atoms with Gasteiger partial charge in [-0.15, -0.1) is 0 Å². The molecular formula is C20H15NOS. The molecule has 1 aliphatic rings. The van der Waals surface area contributed by atoms with Gasteiger partial charge in [0.05, 0.1) is 0 Å². The van der Waals surface area contributed by atoms with Gasteiger partial charge in [0.25, 0.3) is 0 Å². The maximum atomic E-state index is 13.4. The molecule has 4 rings (SSSR count). The lowest BCUT2D eigenvalue weighted by Gasteiger charge is -2.28. The van der Waals surface area contributed by atoms with E-state index in [0.29, 0.717) is 5.56 Å². The fourth-order valence-electron chi connectivity index (χ4n) is 2.87. The third-order valence-electron chi connectivity index (χ3n) is 4.00. The van der Waals surface area contributed by atoms with E-state index in [-0.39, 0.29) is 5.78 Å². The molecular weight excluding hydrogens is 302 g/mol. The second-order valence-electron chi connectivity index (χ2n) is 5.47. The van der Waals surface area contributed by atoms with E-state index in [1.54, 1.807) is 11.8 Å². The minimum absolute atomic E-state index is 0.0745. The van der Waals surface area contributed by atoms with Gasteiger partial charge in [-0.05, 0) is 17.7 Å². The monoisotopic (exact) mass is 317 g/mol. The molecule has 2 nitrogen and oxygen atoms in total. The SMILES string of the molecule is O=C(c1ccccc1)C1(c2ccccc2)Nc2ccccc2S1. The van der Waals surface area contributed by atoms with E-state index < -0.39 is 4.87 Å². The Balaban J connectivity index is 1.86. The van der Waals surface area contributed by atoms with Gasteiger partial charge in [0.2, 0.25) is 5.78 Å². The molecule has 0 saturated carbocycles. The normalized spacial score (nSPS) is 19.0. The quantitative estimate of drug-likeness (QED) is 0.694. The first-order valence-corrected chi connectivity index (χ1v) is 8.33. The zero-order valence-electron chi connectivity index (χ0n) is 12.4. The molecule has 0 spiro atoms. The third-order valence-corrected chi connectivity index (χ3v) is 5.40. The van der Waals surface area contributed by atoms with Crippen LogP contribution < -0.4 is 5.32 Å². The van der Waals surface area contributed by atoms with Crippen molar-refractivity contribution in [1.82, 2.24) is 0 Å². The van der Waals surface area contributed by atoms with Crippen molar-refractivity contribution in [1.29, 1.82) is 0 Å². The number of thioether (sulfide) groups is 1. The van der Waals surface area contributed by atoms with Crippen molar-refractivity contribution in [3.63, 3.8) is 0 Å². The Labute approximate surface area is 139 Å². The molecule has 0 saturated heterocycles. The average Bonchev–Trinajstić information content (AvgIpc) is 3.03. The summed E-state index contributed by atoms with van der Waals surface area (Å²) in [5, 5.41) is 3.48. The number of carbonyl (C=O) groups excluding carboxylic acids is 1. The Bertz CT molecular complexity index is 821. The average molecular weight is 317 g/mol. The van der Waals surface area contributed by atoms with Crippen LogP contribution in [-0.2, 0) is 4.87 Å². The van der Waals surface area contributed by atoms with E-state index in [9.17, 15) is 4.79 Å². The van der Waals surface area contributed by atoms with Gasteiger partial charge in [-0.1, -0.05) is 84.6 Å². The van der Waals surface area contributed by atoms with Gasteiger partial charge in [0.1, 0.15) is 0 Å². The number of hydrogen-bond donors (Lipinski definition) is 1. The molecule has 0 amide bonds. The Morgan fingerprint density at radius 3 is 2.09 bits per heavy atom. The van der Waals surface area contributed by atoms with E-state index in [2.05, 4.69) is 11.4 Å². The molecule has 3 aromatic carbocycles. The number of ketones is 1. The van der Waals surface area contributed by atoms with Gasteiger partial charge >= 0.3 is 0 Å². The lowest BCUT2D eigenvalue weighted by atomic mass is 9.96. The number of fused-ring (bicyclic) bond motifs is 1. The number of benzene rings is 3. The highest BCUT2D eigenvalue weighted by Gasteiger charge is 2.46. The van der Waals surface area contributed by atoms with Crippen LogP contribution in [-0.4, -0.2) is 5.78 Å². The molecule has 0 aliphatic carbocycles. The highest BCUT2D eigenvalue weighted by Crippen LogP contribution is 2.52. The number of hydrogen-bond acceptors (Lipinski definition) is 3. The van der Waals surface area contributed by atoms with Gasteiger partial charge in [0.15, 0.2) is 4.87 Å². The predicted octanol–water partition coefficient (Wildman–Crippen LogP) is 4.94. The highest BCUT2D eigenvalue weighted by molar-refractivity contribution is 8.01. The smallest absolute Gasteiger partial charge is 0.203 e. The lowest BCUT2D eigenvalue weighted by Crippen LogP contribution is -2.37. The van der Waals surface area contributed by atoms with E-state index in [1.807, 2.05) is 78.9 Å². The molecule has 23 heavy (non-hydrogen) atoms. The Hall–Kier alpha value is -2.52. The van der Waals surface area contributed by atoms with Crippen LogP contribution >= 0.6 is 11.8 Å². The molecule has 1 aliphatic heterocycles. The second kappa shape index (κ2) is 5.60. The molecule has 0 fully saturated rings. The summed E-state index contributed by atoms with van der Waals surface area (Å²) in [6, 6.07) is 27.5. The highest BCUT2D eigenvalue weighted by atomic mass is 32.2. The van der Waals surface area contributed by atoms with Gasteiger partial charge in [-0.3, -0.25) is 4.79 Å². The number of nitrogens with one attached hydrogen (secondary N) is 1. The van der Waals surface area contributed by atoms with Crippen LogP contribution in [0.1, 0.15) is 15.9 Å². The van der Waals surface area contributed by atoms with Crippen LogP contribution in [0.15, 0.2) is 89.8 Å². The summed E-state index contributed by atoms with van der Waals surface area (Å²) in [6.07, 6.45) is 0. The van der Waals surface area contributed by atoms with Crippen molar-refractivity contribution in [2.75, 3.05) is 5.32 Å². The van der Waals surface area contributed by atoms with E-state index >= 15 is 0 Å². The van der Waals surface area contributed by atoms with Crippen molar-refractivity contribution >= 4 is 23.2 Å². The van der Waals surface area contributed by atoms with Crippen LogP contribution in [0.25, 0.3) is 0 Å². The summed E-state index contributed by atoms with van der Waals surface area (Å²) in [6.45, 7) is 0. The molecule has 0 bridgehead atoms. The van der Waals surface area contributed by atoms with Crippen molar-refractivity contribution in [2.45, 2.75) is 9.77 Å². The maximum Gasteiger partial charge on any atom is 0.203 e. The summed E-state index contributed by atoms with van der Waals surface area (Å²) >= 11 is 1.58. The minimum atomic E-state index is -0.813. The summed E-state index contributed by atoms with van der Waals surface area (Å²) in [4.78, 5) is 13.6. The Kier molecular flexibility index (Phi) is 3.43. The first-order chi connectivity index (χ1) is 11.3. The van der Waals surface area contributed by atoms with Crippen molar-refractivity contribution in [3.05, 3.63) is 96.1 Å². The molecule has 0 radical (unpaired) electrons. The number of rotatable bonds is 3. The van der Waals surface area contributed by atoms with Crippen LogP contribution in [0.5, 0.6) is 0 Å². The van der Waals surface area contributed by atoms with Crippen LogP contribution in [0.2, 0.25) is 0 Å². The van der Waals surface area contributed by atoms with Gasteiger partial charge in [0, 0.05) is 16.1 Å². The second-order valence-corrected chi connectivity index (χ2v) is 6.72. The van der Waals surface area contributed by atoms with Crippen LogP contribution in [0, 0.1) is 0 Å². The fourth-order valence-corrected chi connectivity index (χ4v) is 4.20. The number of carbonyl (C=O) groups is 1. The number of Topliss-reactive ketones (excluding diaryl/α,β-unsaturated/α-hetero) is 1. The predicted molar refractivity (Wildman–Crippen MR) is 94.8 cm³/mol. The van der Waals surface area contributed by atoms with E-state index in [1.165, 1.54) is 0 Å². The van der Waals surface area contributed by atoms with E-state index in [4.69, 9.17) is 0 Å². The summed E-state index contributed by atoms with van der Waals surface area (Å²) in [7, 11) is 0. The van der Waals surface area contributed by atoms with Gasteiger partial charge in [-0.25, -0.2) is 0 Å². The van der Waals surface area contributed by atoms with Crippen molar-refractivity contribution < 1.29 is 4.79 Å². The number of para-hydroxylation sites is 1. The third kappa shape index (κ3) is 2.34. The summed E-state index contributed by atoms with van der Waals surface area (Å²) in [5.74, 6) is 0.0745. The topological polar surface area (TPSA) is 29.1 Å². The molecule has 0 aromatic heterocycles. The van der Waals surface area contributed by atoms with Crippen LogP contribution in [0.3, 0.4) is 0 Å². The van der Waals surface area contributed by atoms with Gasteiger partial charge < -0.3 is 5.32 Å². The fraction of sp³-hybridized carbons (Fsp3) is 0.0500. The minimum Gasteiger partial charge on any atom is -0.359 e. The van der Waals surface area contributed by atoms with Crippen molar-refractivity contribution in [2.24, 2.45) is 0 Å². The standard InChI is InChI=1S/C20H15NOS/c22-19(15-9-3-1-4-10-15)20(16-11-5-2-6-12-16)21-17-13-7-8-14-18(17)23-20/h1-14,21H. The van der Waals surface area contributed by atoms with Crippen molar-refractivity contribution in [3.8, 4) is 0 Å². The maximum absolute atomic E-state index is 13.4. The number of anilines is 1. The molecule has 112 valence electrons. The molecule has 1 heterocycles. The zero-order chi connectivity index (χ0) is 15.7. The zero-order valence-corrected chi connectivity index (χ0v) is 13.2. The Morgan fingerprint density at radius 1 is 0.783 bits per heavy atom. The molecule has 1 unspecified atom stereocenters. The first kappa shape index (κ1) is 14.1. The summed E-state index contributed by atoms with van der Waals surface area (Å²) in [5.41, 5.74) is 2.69. The molecule has 1 atom stereocenters. The molecule has 3 heteroatoms. The molecule has 3 aromatic rings. The van der Waals surface area contributed by atoms with E-state index in [0.717, 1.165) is 16.1 Å². The largest absolute Gasteiger partial charge is 0.359 e. The summed E-state index contributed by atoms with van der Waals surface area (Å²) < 4.78 is 0. The lowest BCUT2D eigenvalue weighted by molar-refractivity contribution is 0.0955. The Morgan fingerprint density at radius 2 is 1.39 bits per heavy atom. The van der Waals surface area contributed by atoms with Gasteiger partial charge in [-0.2, -0.15) is 0 Å². The van der Waals surface area contributed by atoms with Crippen LogP contribution in [0.4, 0.5) is 5.69 Å².